The fraction of sp³-hybridized carbons (Fsp3) is 0.357. The highest BCUT2D eigenvalue weighted by atomic mass is 16.5. The maximum absolute atomic E-state index is 12.0. The number of aromatic amines is 1. The number of rotatable bonds is 4. The van der Waals surface area contributed by atoms with Gasteiger partial charge in [-0.25, -0.2) is 0 Å². The summed E-state index contributed by atoms with van der Waals surface area (Å²) in [4.78, 5) is 15.2. The first-order valence-corrected chi connectivity index (χ1v) is 6.03. The second kappa shape index (κ2) is 5.04. The summed E-state index contributed by atoms with van der Waals surface area (Å²) in [5.41, 5.74) is 1.93. The quantitative estimate of drug-likeness (QED) is 0.879. The van der Waals surface area contributed by atoms with Crippen LogP contribution < -0.4 is 10.2 Å². The third kappa shape index (κ3) is 2.49. The molecule has 1 heterocycles. The van der Waals surface area contributed by atoms with Crippen molar-refractivity contribution >= 4 is 10.9 Å². The minimum absolute atomic E-state index is 0.0590. The van der Waals surface area contributed by atoms with Crippen LogP contribution in [0.5, 0.6) is 5.75 Å². The summed E-state index contributed by atoms with van der Waals surface area (Å²) in [7, 11) is 0. The van der Waals surface area contributed by atoms with Crippen molar-refractivity contribution in [3.63, 3.8) is 0 Å². The Labute approximate surface area is 100 Å². The first kappa shape index (κ1) is 11.7. The SMILES string of the molecule is CCCc1cc(=O)c2cc(OCC)ccc2[nH]1. The maximum atomic E-state index is 12.0. The van der Waals surface area contributed by atoms with E-state index in [9.17, 15) is 4.79 Å². The lowest BCUT2D eigenvalue weighted by Gasteiger charge is -2.06. The van der Waals surface area contributed by atoms with E-state index in [1.165, 1.54) is 0 Å². The van der Waals surface area contributed by atoms with Gasteiger partial charge in [-0.2, -0.15) is 0 Å². The molecule has 0 saturated carbocycles. The topological polar surface area (TPSA) is 42.1 Å². The fourth-order valence-corrected chi connectivity index (χ4v) is 1.94. The van der Waals surface area contributed by atoms with Crippen molar-refractivity contribution < 1.29 is 4.74 Å². The molecule has 0 aliphatic heterocycles. The second-order valence-electron chi connectivity index (χ2n) is 4.05. The van der Waals surface area contributed by atoms with E-state index in [-0.39, 0.29) is 5.43 Å². The van der Waals surface area contributed by atoms with E-state index in [0.29, 0.717) is 12.0 Å². The monoisotopic (exact) mass is 231 g/mol. The van der Waals surface area contributed by atoms with E-state index in [1.807, 2.05) is 19.1 Å². The predicted molar refractivity (Wildman–Crippen MR) is 69.7 cm³/mol. The normalized spacial score (nSPS) is 10.7. The number of nitrogens with one attached hydrogen (secondary N) is 1. The Morgan fingerprint density at radius 1 is 1.24 bits per heavy atom. The van der Waals surface area contributed by atoms with Gasteiger partial charge in [0.05, 0.1) is 6.61 Å². The molecule has 3 heteroatoms. The Bertz CT molecular complexity index is 572. The Balaban J connectivity index is 2.52. The molecule has 1 N–H and O–H groups in total. The molecule has 0 atom stereocenters. The lowest BCUT2D eigenvalue weighted by molar-refractivity contribution is 0.340. The Morgan fingerprint density at radius 2 is 2.06 bits per heavy atom. The largest absolute Gasteiger partial charge is 0.494 e. The van der Waals surface area contributed by atoms with Gasteiger partial charge in [0.15, 0.2) is 5.43 Å². The van der Waals surface area contributed by atoms with Gasteiger partial charge >= 0.3 is 0 Å². The molecule has 0 aliphatic carbocycles. The van der Waals surface area contributed by atoms with Crippen LogP contribution in [-0.4, -0.2) is 11.6 Å². The highest BCUT2D eigenvalue weighted by Gasteiger charge is 2.03. The van der Waals surface area contributed by atoms with Crippen molar-refractivity contribution in [1.82, 2.24) is 4.98 Å². The molecule has 1 aromatic carbocycles. The number of aryl methyl sites for hydroxylation is 1. The van der Waals surface area contributed by atoms with Gasteiger partial charge in [-0.3, -0.25) is 4.79 Å². The van der Waals surface area contributed by atoms with Gasteiger partial charge in [-0.1, -0.05) is 13.3 Å². The van der Waals surface area contributed by atoms with E-state index in [2.05, 4.69) is 11.9 Å². The van der Waals surface area contributed by atoms with Crippen LogP contribution in [0.3, 0.4) is 0 Å². The van der Waals surface area contributed by atoms with Crippen molar-refractivity contribution in [1.29, 1.82) is 0 Å². The van der Waals surface area contributed by atoms with Gasteiger partial charge < -0.3 is 9.72 Å². The van der Waals surface area contributed by atoms with Crippen LogP contribution >= 0.6 is 0 Å². The van der Waals surface area contributed by atoms with E-state index in [0.717, 1.165) is 29.8 Å². The summed E-state index contributed by atoms with van der Waals surface area (Å²) < 4.78 is 5.39. The molecule has 0 spiro atoms. The summed E-state index contributed by atoms with van der Waals surface area (Å²) in [5.74, 6) is 0.744. The van der Waals surface area contributed by atoms with E-state index in [4.69, 9.17) is 4.74 Å². The molecule has 2 aromatic rings. The zero-order valence-corrected chi connectivity index (χ0v) is 10.2. The summed E-state index contributed by atoms with van der Waals surface area (Å²) in [6.45, 7) is 4.64. The molecule has 0 radical (unpaired) electrons. The number of pyridine rings is 1. The number of benzene rings is 1. The van der Waals surface area contributed by atoms with Gasteiger partial charge in [-0.05, 0) is 31.5 Å². The molecule has 2 rings (SSSR count). The average Bonchev–Trinajstić information content (AvgIpc) is 2.31. The fourth-order valence-electron chi connectivity index (χ4n) is 1.94. The lowest BCUT2D eigenvalue weighted by atomic mass is 10.1. The van der Waals surface area contributed by atoms with Crippen LogP contribution in [-0.2, 0) is 6.42 Å². The molecule has 0 bridgehead atoms. The van der Waals surface area contributed by atoms with Gasteiger partial charge in [0.2, 0.25) is 0 Å². The number of hydrogen-bond donors (Lipinski definition) is 1. The molecule has 1 aromatic heterocycles. The van der Waals surface area contributed by atoms with Crippen molar-refractivity contribution in [2.24, 2.45) is 0 Å². The van der Waals surface area contributed by atoms with E-state index >= 15 is 0 Å². The van der Waals surface area contributed by atoms with Crippen LogP contribution in [0.1, 0.15) is 26.0 Å². The third-order valence-corrected chi connectivity index (χ3v) is 2.69. The molecule has 0 saturated heterocycles. The average molecular weight is 231 g/mol. The predicted octanol–water partition coefficient (Wildman–Crippen LogP) is 2.88. The van der Waals surface area contributed by atoms with Crippen LogP contribution in [0, 0.1) is 0 Å². The first-order chi connectivity index (χ1) is 8.24. The number of fused-ring (bicyclic) bond motifs is 1. The molecule has 0 amide bonds. The van der Waals surface area contributed by atoms with Crippen LogP contribution in [0.2, 0.25) is 0 Å². The molecule has 90 valence electrons. The summed E-state index contributed by atoms with van der Waals surface area (Å²) in [6, 6.07) is 7.27. The van der Waals surface area contributed by atoms with Crippen molar-refractivity contribution in [3.8, 4) is 5.75 Å². The molecule has 3 nitrogen and oxygen atoms in total. The molecule has 0 fully saturated rings. The second-order valence-corrected chi connectivity index (χ2v) is 4.05. The Kier molecular flexibility index (Phi) is 3.47. The van der Waals surface area contributed by atoms with E-state index in [1.54, 1.807) is 12.1 Å². The summed E-state index contributed by atoms with van der Waals surface area (Å²) >= 11 is 0. The molecule has 17 heavy (non-hydrogen) atoms. The highest BCUT2D eigenvalue weighted by molar-refractivity contribution is 5.80. The number of hydrogen-bond acceptors (Lipinski definition) is 2. The van der Waals surface area contributed by atoms with Crippen LogP contribution in [0.25, 0.3) is 10.9 Å². The number of H-pyrrole nitrogens is 1. The smallest absolute Gasteiger partial charge is 0.189 e. The van der Waals surface area contributed by atoms with Gasteiger partial charge in [0.1, 0.15) is 5.75 Å². The van der Waals surface area contributed by atoms with E-state index < -0.39 is 0 Å². The minimum Gasteiger partial charge on any atom is -0.494 e. The molecular formula is C14H17NO2. The zero-order chi connectivity index (χ0) is 12.3. The maximum Gasteiger partial charge on any atom is 0.189 e. The highest BCUT2D eigenvalue weighted by Crippen LogP contribution is 2.17. The molecule has 0 aliphatic rings. The zero-order valence-electron chi connectivity index (χ0n) is 10.2. The third-order valence-electron chi connectivity index (χ3n) is 2.69. The number of ether oxygens (including phenoxy) is 1. The standard InChI is InChI=1S/C14H17NO2/c1-3-5-10-8-14(16)12-9-11(17-4-2)6-7-13(12)15-10/h6-9H,3-5H2,1-2H3,(H,15,16). The molecular weight excluding hydrogens is 214 g/mol. The number of aromatic nitrogens is 1. The Hall–Kier alpha value is -1.77. The van der Waals surface area contributed by atoms with Crippen molar-refractivity contribution in [2.75, 3.05) is 6.61 Å². The lowest BCUT2D eigenvalue weighted by Crippen LogP contribution is -2.05. The molecule has 0 unspecified atom stereocenters. The van der Waals surface area contributed by atoms with Crippen molar-refractivity contribution in [3.05, 3.63) is 40.2 Å². The summed E-state index contributed by atoms with van der Waals surface area (Å²) in [5, 5.41) is 0.691. The van der Waals surface area contributed by atoms with Gasteiger partial charge in [0.25, 0.3) is 0 Å². The first-order valence-electron chi connectivity index (χ1n) is 6.03. The van der Waals surface area contributed by atoms with Gasteiger partial charge in [-0.15, -0.1) is 0 Å². The van der Waals surface area contributed by atoms with Crippen molar-refractivity contribution in [2.45, 2.75) is 26.7 Å². The van der Waals surface area contributed by atoms with Crippen LogP contribution in [0.4, 0.5) is 0 Å². The summed E-state index contributed by atoms with van der Waals surface area (Å²) in [6.07, 6.45) is 1.93. The van der Waals surface area contributed by atoms with Crippen LogP contribution in [0.15, 0.2) is 29.1 Å². The minimum atomic E-state index is 0.0590. The Morgan fingerprint density at radius 3 is 2.76 bits per heavy atom. The van der Waals surface area contributed by atoms with Gasteiger partial charge in [0, 0.05) is 22.7 Å².